The van der Waals surface area contributed by atoms with Crippen molar-refractivity contribution < 1.29 is 8.78 Å². The number of rotatable bonds is 5. The molecule has 0 atom stereocenters. The molecule has 2 aromatic heterocycles. The van der Waals surface area contributed by atoms with Crippen molar-refractivity contribution in [1.29, 1.82) is 5.41 Å². The van der Waals surface area contributed by atoms with Crippen LogP contribution in [0.25, 0.3) is 11.3 Å². The number of aromatic nitrogens is 2. The van der Waals surface area contributed by atoms with Crippen molar-refractivity contribution in [1.82, 2.24) is 9.97 Å². The van der Waals surface area contributed by atoms with Crippen LogP contribution in [0.4, 0.5) is 20.3 Å². The first kappa shape index (κ1) is 22.0. The Labute approximate surface area is 193 Å². The Balaban J connectivity index is 1.51. The molecule has 0 saturated carbocycles. The van der Waals surface area contributed by atoms with Crippen molar-refractivity contribution in [3.8, 4) is 23.1 Å². The fourth-order valence-corrected chi connectivity index (χ4v) is 3.52. The molecule has 0 bridgehead atoms. The fourth-order valence-electron chi connectivity index (χ4n) is 2.89. The van der Waals surface area contributed by atoms with Crippen LogP contribution in [-0.2, 0) is 0 Å². The first-order valence-electron chi connectivity index (χ1n) is 9.75. The van der Waals surface area contributed by atoms with Gasteiger partial charge in [-0.15, -0.1) is 0 Å². The highest BCUT2D eigenvalue weighted by atomic mass is 32.2. The molecule has 33 heavy (non-hydrogen) atoms. The molecule has 4 aromatic rings. The quantitative estimate of drug-likeness (QED) is 0.209. The van der Waals surface area contributed by atoms with Crippen molar-refractivity contribution in [3.63, 3.8) is 0 Å². The van der Waals surface area contributed by atoms with E-state index in [4.69, 9.17) is 11.1 Å². The van der Waals surface area contributed by atoms with E-state index in [0.29, 0.717) is 11.1 Å². The van der Waals surface area contributed by atoms with Gasteiger partial charge in [0.25, 0.3) is 0 Å². The number of anilines is 2. The Kier molecular flexibility index (Phi) is 6.62. The molecule has 4 rings (SSSR count). The number of nitrogens with two attached hydrogens (primary N) is 1. The minimum atomic E-state index is -0.806. The molecule has 0 unspecified atom stereocenters. The van der Waals surface area contributed by atoms with Crippen LogP contribution >= 0.6 is 11.9 Å². The van der Waals surface area contributed by atoms with Gasteiger partial charge in [0.2, 0.25) is 0 Å². The van der Waals surface area contributed by atoms with Gasteiger partial charge in [0.1, 0.15) is 11.6 Å². The maximum atomic E-state index is 14.9. The summed E-state index contributed by atoms with van der Waals surface area (Å²) in [6.07, 6.45) is 4.10. The average molecular weight is 458 g/mol. The molecule has 0 aliphatic rings. The van der Waals surface area contributed by atoms with E-state index in [1.165, 1.54) is 18.3 Å². The summed E-state index contributed by atoms with van der Waals surface area (Å²) in [4.78, 5) is 9.12. The summed E-state index contributed by atoms with van der Waals surface area (Å²) in [6, 6.07) is 17.5. The summed E-state index contributed by atoms with van der Waals surface area (Å²) < 4.78 is 32.1. The van der Waals surface area contributed by atoms with E-state index in [9.17, 15) is 8.78 Å². The second-order valence-electron chi connectivity index (χ2n) is 6.83. The zero-order valence-corrected chi connectivity index (χ0v) is 18.0. The smallest absolute Gasteiger partial charge is 0.165 e. The summed E-state index contributed by atoms with van der Waals surface area (Å²) in [7, 11) is 0. The topological polar surface area (TPSA) is 87.7 Å². The van der Waals surface area contributed by atoms with E-state index in [-0.39, 0.29) is 17.1 Å². The Morgan fingerprint density at radius 1 is 0.970 bits per heavy atom. The minimum Gasteiger partial charge on any atom is -0.383 e. The Hall–Kier alpha value is -4.22. The maximum absolute atomic E-state index is 14.9. The van der Waals surface area contributed by atoms with Crippen LogP contribution in [0, 0.1) is 28.9 Å². The van der Waals surface area contributed by atoms with Gasteiger partial charge in [-0.1, -0.05) is 42.2 Å². The molecule has 0 aliphatic heterocycles. The standard InChI is InChI=1S/C25H17F2N5S/c26-21-9-11-23(24(27)20(21)8-6-16-12-18(13-28)25(29)31-14-16)32-33-19-7-10-22(30-15-19)17-4-2-1-3-5-17/h1-5,7,9-15,28,32H,(H2,29,31). The molecule has 4 N–H and O–H groups in total. The summed E-state index contributed by atoms with van der Waals surface area (Å²) in [5, 5.41) is 7.32. The van der Waals surface area contributed by atoms with Crippen LogP contribution in [0.2, 0.25) is 0 Å². The molecule has 0 fully saturated rings. The van der Waals surface area contributed by atoms with E-state index < -0.39 is 11.6 Å². The molecule has 0 spiro atoms. The Bertz CT molecular complexity index is 1360. The molecular formula is C25H17F2N5S. The van der Waals surface area contributed by atoms with E-state index in [1.807, 2.05) is 42.5 Å². The lowest BCUT2D eigenvalue weighted by Crippen LogP contribution is -1.98. The molecule has 2 aromatic carbocycles. The normalized spacial score (nSPS) is 10.2. The van der Waals surface area contributed by atoms with E-state index >= 15 is 0 Å². The lowest BCUT2D eigenvalue weighted by Gasteiger charge is -2.09. The number of pyridine rings is 2. The van der Waals surface area contributed by atoms with Gasteiger partial charge in [-0.2, -0.15) is 0 Å². The monoisotopic (exact) mass is 457 g/mol. The number of hydrogen-bond donors (Lipinski definition) is 3. The highest BCUT2D eigenvalue weighted by molar-refractivity contribution is 8.00. The summed E-state index contributed by atoms with van der Waals surface area (Å²) >= 11 is 1.16. The highest BCUT2D eigenvalue weighted by Crippen LogP contribution is 2.27. The first-order chi connectivity index (χ1) is 16.0. The largest absolute Gasteiger partial charge is 0.383 e. The molecular weight excluding hydrogens is 440 g/mol. The number of halogens is 2. The predicted octanol–water partition coefficient (Wildman–Crippen LogP) is 5.52. The third-order valence-corrected chi connectivity index (χ3v) is 5.41. The zero-order chi connectivity index (χ0) is 23.2. The number of nitrogen functional groups attached to an aromatic ring is 1. The van der Waals surface area contributed by atoms with E-state index in [2.05, 4.69) is 26.5 Å². The average Bonchev–Trinajstić information content (AvgIpc) is 2.85. The molecule has 8 heteroatoms. The SMILES string of the molecule is N=Cc1cc(C#Cc2c(F)ccc(NSc3ccc(-c4ccccc4)nc3)c2F)cnc1N. The van der Waals surface area contributed by atoms with Gasteiger partial charge in [-0.25, -0.2) is 13.8 Å². The van der Waals surface area contributed by atoms with Crippen molar-refractivity contribution in [2.45, 2.75) is 4.90 Å². The fraction of sp³-hybridized carbons (Fsp3) is 0. The Morgan fingerprint density at radius 3 is 2.52 bits per heavy atom. The van der Waals surface area contributed by atoms with Gasteiger partial charge in [-0.3, -0.25) is 4.98 Å². The summed E-state index contributed by atoms with van der Waals surface area (Å²) in [5.74, 6) is 3.79. The van der Waals surface area contributed by atoms with Crippen LogP contribution in [-0.4, -0.2) is 16.2 Å². The second kappa shape index (κ2) is 9.94. The summed E-state index contributed by atoms with van der Waals surface area (Å²) in [6.45, 7) is 0. The lowest BCUT2D eigenvalue weighted by molar-refractivity contribution is 0.580. The van der Waals surface area contributed by atoms with Crippen molar-refractivity contribution in [3.05, 3.63) is 101 Å². The van der Waals surface area contributed by atoms with Gasteiger partial charge in [-0.05, 0) is 42.3 Å². The molecule has 0 amide bonds. The number of benzene rings is 2. The Morgan fingerprint density at radius 2 is 1.79 bits per heavy atom. The zero-order valence-electron chi connectivity index (χ0n) is 17.1. The van der Waals surface area contributed by atoms with Gasteiger partial charge in [0, 0.05) is 40.2 Å². The predicted molar refractivity (Wildman–Crippen MR) is 128 cm³/mol. The molecule has 0 aliphatic carbocycles. The number of nitrogens with one attached hydrogen (secondary N) is 2. The van der Waals surface area contributed by atoms with Crippen molar-refractivity contribution in [2.24, 2.45) is 0 Å². The number of hydrogen-bond acceptors (Lipinski definition) is 6. The highest BCUT2D eigenvalue weighted by Gasteiger charge is 2.12. The summed E-state index contributed by atoms with van der Waals surface area (Å²) in [5.41, 5.74) is 7.96. The third-order valence-electron chi connectivity index (χ3n) is 4.61. The van der Waals surface area contributed by atoms with E-state index in [0.717, 1.165) is 40.4 Å². The first-order valence-corrected chi connectivity index (χ1v) is 10.6. The van der Waals surface area contributed by atoms with Crippen LogP contribution in [0.1, 0.15) is 16.7 Å². The number of nitrogens with zero attached hydrogens (tertiary/aromatic N) is 2. The lowest BCUT2D eigenvalue weighted by atomic mass is 10.1. The minimum absolute atomic E-state index is 0.0912. The second-order valence-corrected chi connectivity index (χ2v) is 7.71. The third kappa shape index (κ3) is 5.17. The van der Waals surface area contributed by atoms with Gasteiger partial charge >= 0.3 is 0 Å². The maximum Gasteiger partial charge on any atom is 0.165 e. The van der Waals surface area contributed by atoms with E-state index in [1.54, 1.807) is 6.20 Å². The molecule has 162 valence electrons. The van der Waals surface area contributed by atoms with Gasteiger partial charge in [0.15, 0.2) is 5.82 Å². The van der Waals surface area contributed by atoms with Crippen molar-refractivity contribution in [2.75, 3.05) is 10.5 Å². The van der Waals surface area contributed by atoms with Crippen LogP contribution in [0.15, 0.2) is 78.0 Å². The van der Waals surface area contributed by atoms with Gasteiger partial charge in [0.05, 0.1) is 16.9 Å². The molecule has 2 heterocycles. The van der Waals surface area contributed by atoms with Crippen LogP contribution in [0.3, 0.4) is 0 Å². The van der Waals surface area contributed by atoms with Gasteiger partial charge < -0.3 is 15.9 Å². The molecule has 0 saturated heterocycles. The van der Waals surface area contributed by atoms with Crippen LogP contribution in [0.5, 0.6) is 0 Å². The molecule has 0 radical (unpaired) electrons. The van der Waals surface area contributed by atoms with Crippen molar-refractivity contribution >= 4 is 29.7 Å². The molecule has 5 nitrogen and oxygen atoms in total. The van der Waals surface area contributed by atoms with Crippen LogP contribution < -0.4 is 10.5 Å².